The number of nitrogens with one attached hydrogen (secondary N) is 3. The molecule has 1 aliphatic rings. The minimum Gasteiger partial charge on any atom is -0.356 e. The van der Waals surface area contributed by atoms with Crippen LogP contribution in [0.2, 0.25) is 0 Å². The van der Waals surface area contributed by atoms with Gasteiger partial charge in [0.15, 0.2) is 0 Å². The minimum absolute atomic E-state index is 0.0811. The lowest BCUT2D eigenvalue weighted by Crippen LogP contribution is -2.42. The lowest BCUT2D eigenvalue weighted by atomic mass is 10.1. The van der Waals surface area contributed by atoms with Crippen LogP contribution < -0.4 is 16.0 Å². The maximum absolute atomic E-state index is 12.4. The van der Waals surface area contributed by atoms with E-state index in [9.17, 15) is 14.4 Å². The number of fused-ring (bicyclic) bond motifs is 1. The lowest BCUT2D eigenvalue weighted by Gasteiger charge is -2.14. The largest absolute Gasteiger partial charge is 0.356 e. The number of hydrogen-bond donors (Lipinski definition) is 3. The molecule has 0 fully saturated rings. The zero-order chi connectivity index (χ0) is 21.6. The molecule has 0 unspecified atom stereocenters. The average molecular weight is 420 g/mol. The van der Waals surface area contributed by atoms with E-state index in [1.165, 1.54) is 0 Å². The van der Waals surface area contributed by atoms with Gasteiger partial charge in [-0.2, -0.15) is 4.98 Å². The zero-order valence-electron chi connectivity index (χ0n) is 16.5. The molecule has 1 aliphatic heterocycles. The van der Waals surface area contributed by atoms with Gasteiger partial charge in [-0.1, -0.05) is 23.4 Å². The van der Waals surface area contributed by atoms with E-state index in [0.29, 0.717) is 41.6 Å². The van der Waals surface area contributed by atoms with Crippen molar-refractivity contribution in [2.75, 3.05) is 11.9 Å². The monoisotopic (exact) mass is 420 g/mol. The van der Waals surface area contributed by atoms with Gasteiger partial charge in [-0.15, -0.1) is 0 Å². The van der Waals surface area contributed by atoms with E-state index in [0.717, 1.165) is 0 Å². The Morgan fingerprint density at radius 2 is 1.97 bits per heavy atom. The highest BCUT2D eigenvalue weighted by Crippen LogP contribution is 2.19. The van der Waals surface area contributed by atoms with E-state index in [4.69, 9.17) is 4.52 Å². The van der Waals surface area contributed by atoms with Gasteiger partial charge in [0.25, 0.3) is 5.91 Å². The third-order valence-electron chi connectivity index (χ3n) is 4.73. The molecule has 3 aromatic rings. The van der Waals surface area contributed by atoms with E-state index in [2.05, 4.69) is 31.1 Å². The number of para-hydroxylation sites is 1. The number of rotatable bonds is 7. The van der Waals surface area contributed by atoms with Crippen molar-refractivity contribution in [3.8, 4) is 11.5 Å². The minimum atomic E-state index is -0.789. The van der Waals surface area contributed by atoms with Gasteiger partial charge in [-0.25, -0.2) is 0 Å². The summed E-state index contributed by atoms with van der Waals surface area (Å²) in [5, 5.41) is 12.0. The predicted octanol–water partition coefficient (Wildman–Crippen LogP) is 1.32. The fourth-order valence-electron chi connectivity index (χ4n) is 3.14. The number of aromatic nitrogens is 3. The quantitative estimate of drug-likeness (QED) is 0.524. The Balaban J connectivity index is 1.23. The van der Waals surface area contributed by atoms with Gasteiger partial charge in [-0.3, -0.25) is 19.4 Å². The van der Waals surface area contributed by atoms with Gasteiger partial charge in [0.1, 0.15) is 11.7 Å². The Morgan fingerprint density at radius 1 is 1.13 bits per heavy atom. The molecule has 158 valence electrons. The molecule has 0 saturated heterocycles. The summed E-state index contributed by atoms with van der Waals surface area (Å²) in [7, 11) is 0. The normalized spacial score (nSPS) is 15.4. The topological polar surface area (TPSA) is 139 Å². The first-order valence-electron chi connectivity index (χ1n) is 9.81. The number of hydrogen-bond acceptors (Lipinski definition) is 7. The first-order valence-corrected chi connectivity index (χ1v) is 9.81. The predicted molar refractivity (Wildman–Crippen MR) is 110 cm³/mol. The van der Waals surface area contributed by atoms with E-state index in [1.807, 2.05) is 6.07 Å². The van der Waals surface area contributed by atoms with Crippen LogP contribution in [0.25, 0.3) is 11.5 Å². The van der Waals surface area contributed by atoms with E-state index in [1.54, 1.807) is 42.6 Å². The average Bonchev–Trinajstić information content (AvgIpc) is 3.21. The molecule has 0 bridgehead atoms. The van der Waals surface area contributed by atoms with Gasteiger partial charge in [0, 0.05) is 25.6 Å². The maximum Gasteiger partial charge on any atom is 0.254 e. The molecule has 10 nitrogen and oxygen atoms in total. The highest BCUT2D eigenvalue weighted by Gasteiger charge is 2.27. The van der Waals surface area contributed by atoms with Crippen molar-refractivity contribution < 1.29 is 18.9 Å². The number of nitrogens with zero attached hydrogens (tertiary/aromatic N) is 3. The van der Waals surface area contributed by atoms with Crippen LogP contribution >= 0.6 is 0 Å². The third-order valence-corrected chi connectivity index (χ3v) is 4.73. The Labute approximate surface area is 177 Å². The number of amides is 3. The smallest absolute Gasteiger partial charge is 0.254 e. The lowest BCUT2D eigenvalue weighted by molar-refractivity contribution is -0.121. The summed E-state index contributed by atoms with van der Waals surface area (Å²) in [6, 6.07) is 11.4. The van der Waals surface area contributed by atoms with E-state index >= 15 is 0 Å². The van der Waals surface area contributed by atoms with Gasteiger partial charge in [0.2, 0.25) is 23.5 Å². The molecule has 4 rings (SSSR count). The van der Waals surface area contributed by atoms with Crippen molar-refractivity contribution in [3.05, 3.63) is 60.1 Å². The second-order valence-electron chi connectivity index (χ2n) is 6.93. The molecule has 0 saturated carbocycles. The van der Waals surface area contributed by atoms with E-state index < -0.39 is 6.04 Å². The number of benzene rings is 1. The first-order chi connectivity index (χ1) is 15.1. The number of anilines is 1. The summed E-state index contributed by atoms with van der Waals surface area (Å²) in [4.78, 5) is 45.2. The van der Waals surface area contributed by atoms with Gasteiger partial charge in [-0.05, 0) is 30.7 Å². The van der Waals surface area contributed by atoms with Crippen LogP contribution in [0.4, 0.5) is 5.69 Å². The van der Waals surface area contributed by atoms with Crippen LogP contribution in [0.5, 0.6) is 0 Å². The molecule has 3 amide bonds. The van der Waals surface area contributed by atoms with Crippen LogP contribution in [-0.2, 0) is 16.0 Å². The number of carbonyl (C=O) groups excluding carboxylic acids is 3. The van der Waals surface area contributed by atoms with Crippen molar-refractivity contribution in [1.82, 2.24) is 25.8 Å². The summed E-state index contributed by atoms with van der Waals surface area (Å²) in [5.74, 6) is -0.168. The summed E-state index contributed by atoms with van der Waals surface area (Å²) >= 11 is 0. The first kappa shape index (κ1) is 20.2. The molecule has 1 aromatic carbocycles. The Morgan fingerprint density at radius 3 is 2.81 bits per heavy atom. The molecule has 10 heteroatoms. The highest BCUT2D eigenvalue weighted by molar-refractivity contribution is 6.09. The van der Waals surface area contributed by atoms with Gasteiger partial charge < -0.3 is 20.5 Å². The highest BCUT2D eigenvalue weighted by atomic mass is 16.5. The van der Waals surface area contributed by atoms with Crippen LogP contribution in [-0.4, -0.2) is 45.4 Å². The second-order valence-corrected chi connectivity index (χ2v) is 6.93. The van der Waals surface area contributed by atoms with Crippen molar-refractivity contribution in [2.45, 2.75) is 25.3 Å². The van der Waals surface area contributed by atoms with Crippen LogP contribution in [0.1, 0.15) is 29.1 Å². The van der Waals surface area contributed by atoms with Gasteiger partial charge in [0.05, 0.1) is 11.3 Å². The van der Waals surface area contributed by atoms with Crippen LogP contribution in [0.3, 0.4) is 0 Å². The zero-order valence-corrected chi connectivity index (χ0v) is 16.5. The van der Waals surface area contributed by atoms with Crippen LogP contribution in [0, 0.1) is 0 Å². The number of carbonyl (C=O) groups is 3. The number of pyridine rings is 1. The molecule has 3 heterocycles. The summed E-state index contributed by atoms with van der Waals surface area (Å²) < 4.78 is 5.17. The Kier molecular flexibility index (Phi) is 5.97. The summed E-state index contributed by atoms with van der Waals surface area (Å²) in [5.41, 5.74) is 1.46. The molecule has 0 radical (unpaired) electrons. The fourth-order valence-corrected chi connectivity index (χ4v) is 3.14. The Bertz CT molecular complexity index is 1100. The molecule has 3 N–H and O–H groups in total. The van der Waals surface area contributed by atoms with E-state index in [-0.39, 0.29) is 30.6 Å². The standard InChI is InChI=1S/C21H20N6O4/c28-17(23-12-10-18-26-19(27-31-18)15-7-3-4-11-22-15)9-8-16-21(30)24-14-6-2-1-5-13(14)20(29)25-16/h1-7,11,16H,8-10,12H2,(H,23,28)(H,24,30)(H,25,29)/t16-/m0/s1. The molecular formula is C21H20N6O4. The maximum atomic E-state index is 12.4. The van der Waals surface area contributed by atoms with Crippen molar-refractivity contribution >= 4 is 23.4 Å². The fraction of sp³-hybridized carbons (Fsp3) is 0.238. The second kappa shape index (κ2) is 9.16. The molecule has 2 aromatic heterocycles. The molecular weight excluding hydrogens is 400 g/mol. The molecule has 0 aliphatic carbocycles. The van der Waals surface area contributed by atoms with Crippen molar-refractivity contribution in [3.63, 3.8) is 0 Å². The summed E-state index contributed by atoms with van der Waals surface area (Å²) in [6.45, 7) is 0.303. The van der Waals surface area contributed by atoms with Crippen LogP contribution in [0.15, 0.2) is 53.2 Å². The molecule has 31 heavy (non-hydrogen) atoms. The SMILES string of the molecule is O=C(CC[C@@H]1NC(=O)c2ccccc2NC1=O)NCCc1nc(-c2ccccn2)no1. The molecule has 0 spiro atoms. The third kappa shape index (κ3) is 4.92. The van der Waals surface area contributed by atoms with Crippen molar-refractivity contribution in [1.29, 1.82) is 0 Å². The molecule has 1 atom stereocenters. The Hall–Kier alpha value is -4.08. The van der Waals surface area contributed by atoms with Crippen molar-refractivity contribution in [2.24, 2.45) is 0 Å². The summed E-state index contributed by atoms with van der Waals surface area (Å²) in [6.07, 6.45) is 2.27. The van der Waals surface area contributed by atoms with Gasteiger partial charge >= 0.3 is 0 Å².